The lowest BCUT2D eigenvalue weighted by Crippen LogP contribution is -2.42. The molecular weight excluding hydrogens is 274 g/mol. The second kappa shape index (κ2) is 4.88. The Bertz CT molecular complexity index is 634. The molecule has 3 rings (SSSR count). The molecule has 1 aliphatic heterocycles. The van der Waals surface area contributed by atoms with Gasteiger partial charge >= 0.3 is 0 Å². The fourth-order valence-electron chi connectivity index (χ4n) is 2.90. The molecule has 108 valence electrons. The average Bonchev–Trinajstić information content (AvgIpc) is 3.14. The normalized spacial score (nSPS) is 24.6. The summed E-state index contributed by atoms with van der Waals surface area (Å²) in [4.78, 5) is 14.5. The third-order valence-corrected chi connectivity index (χ3v) is 5.79. The third-order valence-electron chi connectivity index (χ3n) is 4.04. The van der Waals surface area contributed by atoms with Crippen molar-refractivity contribution in [1.82, 2.24) is 4.90 Å². The van der Waals surface area contributed by atoms with Crippen LogP contribution in [0.5, 0.6) is 0 Å². The summed E-state index contributed by atoms with van der Waals surface area (Å²) >= 11 is 0. The Morgan fingerprint density at radius 1 is 1.20 bits per heavy atom. The number of sulfone groups is 1. The van der Waals surface area contributed by atoms with Gasteiger partial charge in [-0.2, -0.15) is 0 Å². The van der Waals surface area contributed by atoms with Crippen molar-refractivity contribution in [2.75, 3.05) is 11.5 Å². The predicted molar refractivity (Wildman–Crippen MR) is 77.4 cm³/mol. The molecule has 1 aromatic rings. The smallest absolute Gasteiger partial charge is 0.254 e. The van der Waals surface area contributed by atoms with Crippen LogP contribution >= 0.6 is 0 Å². The summed E-state index contributed by atoms with van der Waals surface area (Å²) in [6, 6.07) is 7.62. The van der Waals surface area contributed by atoms with Gasteiger partial charge in [0.05, 0.1) is 11.5 Å². The molecule has 0 aromatic heterocycles. The van der Waals surface area contributed by atoms with Crippen molar-refractivity contribution < 1.29 is 13.2 Å². The maximum absolute atomic E-state index is 12.7. The molecule has 1 saturated carbocycles. The van der Waals surface area contributed by atoms with Gasteiger partial charge in [0.2, 0.25) is 0 Å². The first-order valence-corrected chi connectivity index (χ1v) is 8.88. The lowest BCUT2D eigenvalue weighted by Gasteiger charge is -2.28. The van der Waals surface area contributed by atoms with E-state index in [1.165, 1.54) is 0 Å². The summed E-state index contributed by atoms with van der Waals surface area (Å²) in [7, 11) is -2.96. The third kappa shape index (κ3) is 2.73. The van der Waals surface area contributed by atoms with Gasteiger partial charge in [-0.15, -0.1) is 0 Å². The lowest BCUT2D eigenvalue weighted by atomic mass is 10.1. The summed E-state index contributed by atoms with van der Waals surface area (Å²) in [6.07, 6.45) is 2.57. The van der Waals surface area contributed by atoms with Crippen LogP contribution in [0, 0.1) is 6.92 Å². The summed E-state index contributed by atoms with van der Waals surface area (Å²) in [5, 5.41) is 0. The van der Waals surface area contributed by atoms with E-state index in [2.05, 4.69) is 0 Å². The standard InChI is InChI=1S/C15H19NO3S/c1-11-3-2-4-12(9-11)15(17)16(13-5-6-13)14-7-8-20(18,19)10-14/h2-4,9,13-14H,5-8,10H2,1H3. The Labute approximate surface area is 119 Å². The second-order valence-corrected chi connectivity index (χ2v) is 8.10. The number of aryl methyl sites for hydroxylation is 1. The van der Waals surface area contributed by atoms with E-state index in [1.54, 1.807) is 0 Å². The molecule has 1 atom stereocenters. The molecule has 1 heterocycles. The van der Waals surface area contributed by atoms with Crippen LogP contribution in [0.25, 0.3) is 0 Å². The van der Waals surface area contributed by atoms with E-state index in [0.717, 1.165) is 18.4 Å². The van der Waals surface area contributed by atoms with Gasteiger partial charge in [0.15, 0.2) is 9.84 Å². The van der Waals surface area contributed by atoms with Crippen molar-refractivity contribution in [3.63, 3.8) is 0 Å². The fraction of sp³-hybridized carbons (Fsp3) is 0.533. The van der Waals surface area contributed by atoms with E-state index >= 15 is 0 Å². The molecule has 20 heavy (non-hydrogen) atoms. The zero-order valence-corrected chi connectivity index (χ0v) is 12.4. The summed E-state index contributed by atoms with van der Waals surface area (Å²) in [5.41, 5.74) is 1.71. The van der Waals surface area contributed by atoms with Gasteiger partial charge in [-0.25, -0.2) is 8.42 Å². The Kier molecular flexibility index (Phi) is 3.32. The minimum Gasteiger partial charge on any atom is -0.332 e. The van der Waals surface area contributed by atoms with Crippen LogP contribution in [0.3, 0.4) is 0 Å². The van der Waals surface area contributed by atoms with Gasteiger partial charge in [-0.05, 0) is 38.3 Å². The molecule has 1 aliphatic carbocycles. The van der Waals surface area contributed by atoms with Crippen molar-refractivity contribution in [3.8, 4) is 0 Å². The molecule has 1 amide bonds. The fourth-order valence-corrected chi connectivity index (χ4v) is 4.62. The molecule has 5 heteroatoms. The van der Waals surface area contributed by atoms with E-state index in [0.29, 0.717) is 12.0 Å². The Hall–Kier alpha value is -1.36. The van der Waals surface area contributed by atoms with E-state index < -0.39 is 9.84 Å². The molecule has 0 spiro atoms. The van der Waals surface area contributed by atoms with Gasteiger partial charge in [0.1, 0.15) is 0 Å². The van der Waals surface area contributed by atoms with Crippen LogP contribution in [0.15, 0.2) is 24.3 Å². The quantitative estimate of drug-likeness (QED) is 0.853. The minimum atomic E-state index is -2.96. The number of hydrogen-bond acceptors (Lipinski definition) is 3. The highest BCUT2D eigenvalue weighted by Gasteiger charge is 2.42. The van der Waals surface area contributed by atoms with Crippen LogP contribution in [-0.4, -0.2) is 42.8 Å². The van der Waals surface area contributed by atoms with Crippen LogP contribution in [0.4, 0.5) is 0 Å². The highest BCUT2D eigenvalue weighted by atomic mass is 32.2. The number of amides is 1. The largest absolute Gasteiger partial charge is 0.332 e. The average molecular weight is 293 g/mol. The Morgan fingerprint density at radius 2 is 1.95 bits per heavy atom. The first kappa shape index (κ1) is 13.6. The number of carbonyl (C=O) groups is 1. The molecule has 1 aromatic carbocycles. The molecule has 1 saturated heterocycles. The van der Waals surface area contributed by atoms with Crippen LogP contribution in [0.1, 0.15) is 35.2 Å². The maximum Gasteiger partial charge on any atom is 0.254 e. The maximum atomic E-state index is 12.7. The van der Waals surface area contributed by atoms with Crippen molar-refractivity contribution in [2.45, 2.75) is 38.3 Å². The monoisotopic (exact) mass is 293 g/mol. The second-order valence-electron chi connectivity index (χ2n) is 5.87. The van der Waals surface area contributed by atoms with Gasteiger partial charge in [-0.1, -0.05) is 17.7 Å². The Balaban J connectivity index is 1.86. The van der Waals surface area contributed by atoms with Crippen LogP contribution in [-0.2, 0) is 9.84 Å². The topological polar surface area (TPSA) is 54.5 Å². The van der Waals surface area contributed by atoms with E-state index in [4.69, 9.17) is 0 Å². The van der Waals surface area contributed by atoms with E-state index in [1.807, 2.05) is 36.1 Å². The van der Waals surface area contributed by atoms with Crippen molar-refractivity contribution >= 4 is 15.7 Å². The molecule has 1 unspecified atom stereocenters. The van der Waals surface area contributed by atoms with Crippen molar-refractivity contribution in [2.24, 2.45) is 0 Å². The SMILES string of the molecule is Cc1cccc(C(=O)N(C2CC2)C2CCS(=O)(=O)C2)c1. The number of benzene rings is 1. The summed E-state index contributed by atoms with van der Waals surface area (Å²) in [5.74, 6) is 0.321. The lowest BCUT2D eigenvalue weighted by molar-refractivity contribution is 0.0680. The molecular formula is C15H19NO3S. The molecule has 2 aliphatic rings. The zero-order chi connectivity index (χ0) is 14.3. The van der Waals surface area contributed by atoms with Gasteiger partial charge in [0, 0.05) is 17.6 Å². The number of rotatable bonds is 3. The number of nitrogens with zero attached hydrogens (tertiary/aromatic N) is 1. The minimum absolute atomic E-state index is 0.0155. The molecule has 0 radical (unpaired) electrons. The summed E-state index contributed by atoms with van der Waals surface area (Å²) in [6.45, 7) is 1.96. The number of hydrogen-bond donors (Lipinski definition) is 0. The van der Waals surface area contributed by atoms with E-state index in [9.17, 15) is 13.2 Å². The van der Waals surface area contributed by atoms with Crippen LogP contribution < -0.4 is 0 Å². The molecule has 0 bridgehead atoms. The molecule has 4 nitrogen and oxygen atoms in total. The first-order valence-electron chi connectivity index (χ1n) is 7.06. The number of carbonyl (C=O) groups excluding carboxylic acids is 1. The first-order chi connectivity index (χ1) is 9.46. The van der Waals surface area contributed by atoms with Gasteiger partial charge < -0.3 is 4.90 Å². The Morgan fingerprint density at radius 3 is 2.50 bits per heavy atom. The van der Waals surface area contributed by atoms with Crippen molar-refractivity contribution in [3.05, 3.63) is 35.4 Å². The predicted octanol–water partition coefficient (Wildman–Crippen LogP) is 1.79. The summed E-state index contributed by atoms with van der Waals surface area (Å²) < 4.78 is 23.3. The molecule has 2 fully saturated rings. The highest BCUT2D eigenvalue weighted by Crippen LogP contribution is 2.33. The van der Waals surface area contributed by atoms with Gasteiger partial charge in [0.25, 0.3) is 5.91 Å². The highest BCUT2D eigenvalue weighted by molar-refractivity contribution is 7.91. The zero-order valence-electron chi connectivity index (χ0n) is 11.6. The van der Waals surface area contributed by atoms with Gasteiger partial charge in [-0.3, -0.25) is 4.79 Å². The van der Waals surface area contributed by atoms with E-state index in [-0.39, 0.29) is 29.5 Å². The molecule has 0 N–H and O–H groups in total. The van der Waals surface area contributed by atoms with Crippen molar-refractivity contribution in [1.29, 1.82) is 0 Å². The van der Waals surface area contributed by atoms with Crippen LogP contribution in [0.2, 0.25) is 0 Å².